The van der Waals surface area contributed by atoms with Crippen LogP contribution in [0.5, 0.6) is 0 Å². The number of carbonyl (C=O) groups is 3. The summed E-state index contributed by atoms with van der Waals surface area (Å²) in [5, 5.41) is 35.2. The number of hydrogen-bond donors (Lipinski definition) is 3. The maximum atomic E-state index is 10.4. The van der Waals surface area contributed by atoms with Crippen molar-refractivity contribution in [1.29, 1.82) is 0 Å². The molecular weight excluding hydrogens is 425 g/mol. The van der Waals surface area contributed by atoms with Crippen molar-refractivity contribution >= 4 is 17.3 Å². The second-order valence-electron chi connectivity index (χ2n) is 4.54. The van der Waals surface area contributed by atoms with E-state index in [2.05, 4.69) is 0 Å². The third-order valence-corrected chi connectivity index (χ3v) is 1.68. The Morgan fingerprint density at radius 3 is 1.08 bits per heavy atom. The van der Waals surface area contributed by atoms with Gasteiger partial charge in [0.05, 0.1) is 16.4 Å². The topological polar surface area (TPSA) is 155 Å². The fourth-order valence-corrected chi connectivity index (χ4v) is 1.10. The maximum Gasteiger partial charge on any atom is 0.348 e. The van der Waals surface area contributed by atoms with Crippen LogP contribution >= 0.6 is 0 Å². The third kappa shape index (κ3) is 26.8. The average Bonchev–Trinajstić information content (AvgIpc) is 2.23. The predicted octanol–water partition coefficient (Wildman–Crippen LogP) is 2.71. The van der Waals surface area contributed by atoms with Gasteiger partial charge in [-0.05, 0) is 27.7 Å². The molecule has 0 atom stereocenters. The van der Waals surface area contributed by atoms with Gasteiger partial charge in [-0.25, -0.2) is 0 Å². The number of aliphatic hydroxyl groups is 3. The van der Waals surface area contributed by atoms with E-state index in [1.807, 2.05) is 0 Å². The molecule has 9 nitrogen and oxygen atoms in total. The number of Topliss-reactive ketones (excluding diaryl/α,β-unsaturated/α-hetero) is 1. The summed E-state index contributed by atoms with van der Waals surface area (Å²) in [6.07, 6.45) is 2.33. The van der Waals surface area contributed by atoms with Gasteiger partial charge in [0, 0.05) is 45.5 Å². The third-order valence-electron chi connectivity index (χ3n) is 1.68. The molecule has 0 aliphatic rings. The van der Waals surface area contributed by atoms with Crippen molar-refractivity contribution in [3.8, 4) is 0 Å². The van der Waals surface area contributed by atoms with Gasteiger partial charge in [-0.3, -0.25) is 24.5 Å². The molecule has 0 fully saturated rings. The number of hydrogen-bond acceptors (Lipinski definition) is 8. The zero-order valence-electron chi connectivity index (χ0n) is 14.8. The molecule has 0 saturated carbocycles. The monoisotopic (exact) mass is 448 g/mol. The van der Waals surface area contributed by atoms with E-state index in [0.717, 1.165) is 13.8 Å². The first kappa shape index (κ1) is 30.5. The fourth-order valence-electron chi connectivity index (χ4n) is 1.10. The predicted molar refractivity (Wildman–Crippen MR) is 87.1 cm³/mol. The average molecular weight is 448 g/mol. The molecule has 0 aromatic carbocycles. The van der Waals surface area contributed by atoms with Crippen molar-refractivity contribution < 1.29 is 54.1 Å². The Morgan fingerprint density at radius 1 is 0.800 bits per heavy atom. The molecule has 0 heterocycles. The number of carbonyl (C=O) groups excluding carboxylic acids is 3. The summed E-state index contributed by atoms with van der Waals surface area (Å²) in [5.41, 5.74) is -0.750. The molecule has 145 valence electrons. The Hall–Kier alpha value is -2.35. The van der Waals surface area contributed by atoms with E-state index in [9.17, 15) is 24.5 Å². The largest absolute Gasteiger partial charge is 0.512 e. The van der Waals surface area contributed by atoms with E-state index in [1.54, 1.807) is 0 Å². The molecule has 0 aromatic heterocycles. The van der Waals surface area contributed by atoms with E-state index >= 15 is 0 Å². The Kier molecular flexibility index (Phi) is 20.2. The Morgan fingerprint density at radius 2 is 1.08 bits per heavy atom. The second kappa shape index (κ2) is 16.5. The van der Waals surface area contributed by atoms with Crippen molar-refractivity contribution in [2.75, 3.05) is 0 Å². The molecule has 0 unspecified atom stereocenters. The SMILES string of the molecule is CC(=O)/C(=C(/C)O)[N+](=O)[O-].CC(=O)/C=C(/C)O.CC(=O)/C=C(/C)O.[Rh]. The first-order valence-corrected chi connectivity index (χ1v) is 6.53. The first-order valence-electron chi connectivity index (χ1n) is 6.53. The van der Waals surface area contributed by atoms with Crippen LogP contribution in [-0.4, -0.2) is 37.6 Å². The maximum absolute atomic E-state index is 10.4. The molecule has 0 bridgehead atoms. The minimum Gasteiger partial charge on any atom is -0.512 e. The van der Waals surface area contributed by atoms with E-state index in [-0.39, 0.29) is 42.6 Å². The number of rotatable bonds is 4. The van der Waals surface area contributed by atoms with Gasteiger partial charge in [0.1, 0.15) is 0 Å². The molecule has 3 N–H and O–H groups in total. The second-order valence-corrected chi connectivity index (χ2v) is 4.54. The number of nitrogens with zero attached hydrogens (tertiary/aromatic N) is 1. The minimum atomic E-state index is -0.905. The molecule has 0 aliphatic heterocycles. The zero-order chi connectivity index (χ0) is 20.0. The van der Waals surface area contributed by atoms with Crippen molar-refractivity contribution in [3.63, 3.8) is 0 Å². The van der Waals surface area contributed by atoms with Gasteiger partial charge >= 0.3 is 5.70 Å². The van der Waals surface area contributed by atoms with Crippen LogP contribution in [0.15, 0.2) is 35.1 Å². The van der Waals surface area contributed by atoms with Crippen LogP contribution in [0.25, 0.3) is 0 Å². The van der Waals surface area contributed by atoms with Gasteiger partial charge in [-0.1, -0.05) is 0 Å². The van der Waals surface area contributed by atoms with Crippen LogP contribution in [0.4, 0.5) is 0 Å². The number of allylic oxidation sites excluding steroid dienone is 6. The first-order chi connectivity index (χ1) is 10.7. The van der Waals surface area contributed by atoms with Crippen molar-refractivity contribution in [3.05, 3.63) is 45.2 Å². The number of ketones is 3. The molecule has 0 rings (SSSR count). The van der Waals surface area contributed by atoms with Crippen LogP contribution in [-0.2, 0) is 33.9 Å². The van der Waals surface area contributed by atoms with Gasteiger partial charge in [0.15, 0.2) is 17.3 Å². The fraction of sp³-hybridized carbons (Fsp3) is 0.400. The zero-order valence-corrected chi connectivity index (χ0v) is 16.5. The van der Waals surface area contributed by atoms with Crippen LogP contribution in [0.3, 0.4) is 0 Å². The number of aliphatic hydroxyl groups excluding tert-OH is 3. The summed E-state index contributed by atoms with van der Waals surface area (Å²) in [6, 6.07) is 0. The molecule has 0 aromatic rings. The van der Waals surface area contributed by atoms with Crippen LogP contribution < -0.4 is 0 Å². The standard InChI is InChI=1S/C5H7NO4.2C5H8O2.Rh/c1-3(7)5(4(2)8)6(9)10;2*1-4(6)3-5(2)7;/h7H,1-2H3;2*3,6H,1-2H3;/b5-3+;2*4-3-;. The van der Waals surface area contributed by atoms with Crippen molar-refractivity contribution in [2.24, 2.45) is 0 Å². The quantitative estimate of drug-likeness (QED) is 0.195. The van der Waals surface area contributed by atoms with E-state index in [4.69, 9.17) is 15.3 Å². The van der Waals surface area contributed by atoms with E-state index < -0.39 is 22.2 Å². The molecular formula is C15H23NO8Rh. The summed E-state index contributed by atoms with van der Waals surface area (Å²) in [6.45, 7) is 7.82. The normalized spacial score (nSPS) is 11.3. The van der Waals surface area contributed by atoms with E-state index in [1.165, 1.54) is 39.8 Å². The van der Waals surface area contributed by atoms with Gasteiger partial charge < -0.3 is 15.3 Å². The van der Waals surface area contributed by atoms with Gasteiger partial charge in [0.25, 0.3) is 0 Å². The molecule has 10 heteroatoms. The molecule has 0 aliphatic carbocycles. The molecule has 25 heavy (non-hydrogen) atoms. The minimum absolute atomic E-state index is 0. The smallest absolute Gasteiger partial charge is 0.348 e. The summed E-state index contributed by atoms with van der Waals surface area (Å²) in [5.74, 6) is -1.43. The van der Waals surface area contributed by atoms with Crippen molar-refractivity contribution in [1.82, 2.24) is 0 Å². The molecule has 0 spiro atoms. The molecule has 0 saturated heterocycles. The Bertz CT molecular complexity index is 520. The molecule has 1 radical (unpaired) electrons. The Balaban J connectivity index is -0.000000133. The van der Waals surface area contributed by atoms with Crippen molar-refractivity contribution in [2.45, 2.75) is 41.5 Å². The summed E-state index contributed by atoms with van der Waals surface area (Å²) < 4.78 is 0. The number of nitro groups is 1. The van der Waals surface area contributed by atoms with Crippen LogP contribution in [0.2, 0.25) is 0 Å². The summed E-state index contributed by atoms with van der Waals surface area (Å²) in [4.78, 5) is 39.4. The summed E-state index contributed by atoms with van der Waals surface area (Å²) >= 11 is 0. The summed E-state index contributed by atoms with van der Waals surface area (Å²) in [7, 11) is 0. The van der Waals surface area contributed by atoms with Gasteiger partial charge in [-0.15, -0.1) is 0 Å². The molecule has 0 amide bonds. The Labute approximate surface area is 158 Å². The van der Waals surface area contributed by atoms with Crippen LogP contribution in [0, 0.1) is 10.1 Å². The van der Waals surface area contributed by atoms with Gasteiger partial charge in [0.2, 0.25) is 5.78 Å². The van der Waals surface area contributed by atoms with Gasteiger partial charge in [-0.2, -0.15) is 0 Å². The van der Waals surface area contributed by atoms with E-state index in [0.29, 0.717) is 0 Å². The van der Waals surface area contributed by atoms with Crippen LogP contribution in [0.1, 0.15) is 41.5 Å².